The Morgan fingerprint density at radius 1 is 1.47 bits per heavy atom. The molecule has 0 aliphatic heterocycles. The molecule has 2 aliphatic carbocycles. The van der Waals surface area contributed by atoms with Gasteiger partial charge in [-0.3, -0.25) is 0 Å². The van der Waals surface area contributed by atoms with Crippen LogP contribution < -0.4 is 5.32 Å². The van der Waals surface area contributed by atoms with Crippen LogP contribution >= 0.6 is 0 Å². The summed E-state index contributed by atoms with van der Waals surface area (Å²) in [6.45, 7) is 3.58. The van der Waals surface area contributed by atoms with Gasteiger partial charge in [-0.25, -0.2) is 0 Å². The Morgan fingerprint density at radius 2 is 2.24 bits per heavy atom. The third-order valence-corrected chi connectivity index (χ3v) is 4.46. The number of aliphatic hydroxyl groups excluding tert-OH is 1. The van der Waals surface area contributed by atoms with Gasteiger partial charge < -0.3 is 19.9 Å². The quantitative estimate of drug-likeness (QED) is 0.698. The Bertz CT molecular complexity index is 243. The summed E-state index contributed by atoms with van der Waals surface area (Å²) in [5.41, 5.74) is 0.358. The highest BCUT2D eigenvalue weighted by molar-refractivity contribution is 5.12. The van der Waals surface area contributed by atoms with Crippen LogP contribution in [0, 0.1) is 5.41 Å². The predicted octanol–water partition coefficient (Wildman–Crippen LogP) is 0.931. The van der Waals surface area contributed by atoms with Gasteiger partial charge in [-0.1, -0.05) is 6.42 Å². The number of rotatable bonds is 7. The molecule has 2 rings (SSSR count). The highest BCUT2D eigenvalue weighted by atomic mass is 16.5. The molecule has 0 amide bonds. The molecule has 0 saturated heterocycles. The average molecular weight is 243 g/mol. The third-order valence-electron chi connectivity index (χ3n) is 4.46. The van der Waals surface area contributed by atoms with Crippen molar-refractivity contribution in [1.82, 2.24) is 5.32 Å². The van der Waals surface area contributed by atoms with E-state index in [0.717, 1.165) is 13.0 Å². The predicted molar refractivity (Wildman–Crippen MR) is 66.0 cm³/mol. The summed E-state index contributed by atoms with van der Waals surface area (Å²) >= 11 is 0. The van der Waals surface area contributed by atoms with Crippen LogP contribution in [0.3, 0.4) is 0 Å². The maximum absolute atomic E-state index is 9.28. The summed E-state index contributed by atoms with van der Waals surface area (Å²) in [6, 6.07) is 0.560. The zero-order chi connectivity index (χ0) is 12.3. The van der Waals surface area contributed by atoms with Crippen LogP contribution in [0.15, 0.2) is 0 Å². The smallest absolute Gasteiger partial charge is 0.0661 e. The zero-order valence-electron chi connectivity index (χ0n) is 10.9. The molecule has 0 aromatic carbocycles. The highest BCUT2D eigenvalue weighted by Crippen LogP contribution is 2.57. The van der Waals surface area contributed by atoms with Gasteiger partial charge >= 0.3 is 0 Å². The van der Waals surface area contributed by atoms with Gasteiger partial charge in [0.05, 0.1) is 25.4 Å². The van der Waals surface area contributed by atoms with Crippen LogP contribution in [0.25, 0.3) is 0 Å². The summed E-state index contributed by atoms with van der Waals surface area (Å²) in [5.74, 6) is 0. The van der Waals surface area contributed by atoms with E-state index >= 15 is 0 Å². The first-order valence-corrected chi connectivity index (χ1v) is 6.74. The summed E-state index contributed by atoms with van der Waals surface area (Å²) in [5, 5.41) is 12.8. The van der Waals surface area contributed by atoms with Crippen molar-refractivity contribution in [3.05, 3.63) is 0 Å². The molecular weight excluding hydrogens is 218 g/mol. The third kappa shape index (κ3) is 2.36. The fraction of sp³-hybridized carbons (Fsp3) is 1.00. The van der Waals surface area contributed by atoms with Crippen molar-refractivity contribution < 1.29 is 14.6 Å². The molecule has 1 spiro atoms. The standard InChI is InChI=1S/C13H25NO3/c1-3-17-12-7-11(13(12)5-4-6-13)14-10(8-15)9-16-2/h10-12,14-15H,3-9H2,1-2H3. The van der Waals surface area contributed by atoms with Crippen LogP contribution in [-0.2, 0) is 9.47 Å². The molecule has 3 unspecified atom stereocenters. The van der Waals surface area contributed by atoms with E-state index in [-0.39, 0.29) is 12.6 Å². The lowest BCUT2D eigenvalue weighted by atomic mass is 9.51. The van der Waals surface area contributed by atoms with Crippen LogP contribution in [-0.4, -0.2) is 50.2 Å². The van der Waals surface area contributed by atoms with Crippen molar-refractivity contribution in [1.29, 1.82) is 0 Å². The average Bonchev–Trinajstić information content (AvgIpc) is 2.24. The molecule has 0 heterocycles. The first-order chi connectivity index (χ1) is 8.26. The molecule has 3 atom stereocenters. The molecule has 4 heteroatoms. The van der Waals surface area contributed by atoms with Crippen molar-refractivity contribution >= 4 is 0 Å². The second-order valence-corrected chi connectivity index (χ2v) is 5.32. The van der Waals surface area contributed by atoms with Crippen molar-refractivity contribution in [2.45, 2.75) is 50.8 Å². The lowest BCUT2D eigenvalue weighted by Crippen LogP contribution is -2.68. The fourth-order valence-corrected chi connectivity index (χ4v) is 3.31. The van der Waals surface area contributed by atoms with Crippen LogP contribution in [0.1, 0.15) is 32.6 Å². The maximum atomic E-state index is 9.28. The van der Waals surface area contributed by atoms with Crippen LogP contribution in [0.5, 0.6) is 0 Å². The first-order valence-electron chi connectivity index (χ1n) is 6.74. The van der Waals surface area contributed by atoms with E-state index in [1.54, 1.807) is 7.11 Å². The van der Waals surface area contributed by atoms with E-state index in [9.17, 15) is 5.11 Å². The van der Waals surface area contributed by atoms with Gasteiger partial charge in [-0.15, -0.1) is 0 Å². The van der Waals surface area contributed by atoms with E-state index < -0.39 is 0 Å². The number of aliphatic hydroxyl groups is 1. The Labute approximate surface area is 104 Å². The zero-order valence-corrected chi connectivity index (χ0v) is 10.9. The molecule has 17 heavy (non-hydrogen) atoms. The lowest BCUT2D eigenvalue weighted by Gasteiger charge is -2.61. The number of hydrogen-bond acceptors (Lipinski definition) is 4. The Morgan fingerprint density at radius 3 is 2.71 bits per heavy atom. The van der Waals surface area contributed by atoms with Crippen molar-refractivity contribution in [2.24, 2.45) is 5.41 Å². The van der Waals surface area contributed by atoms with Gasteiger partial charge in [-0.2, -0.15) is 0 Å². The van der Waals surface area contributed by atoms with Gasteiger partial charge in [0.2, 0.25) is 0 Å². The monoisotopic (exact) mass is 243 g/mol. The molecule has 2 saturated carbocycles. The Balaban J connectivity index is 1.86. The molecule has 4 nitrogen and oxygen atoms in total. The summed E-state index contributed by atoms with van der Waals surface area (Å²) < 4.78 is 10.9. The molecule has 100 valence electrons. The molecule has 0 bridgehead atoms. The van der Waals surface area contributed by atoms with Crippen molar-refractivity contribution in [3.63, 3.8) is 0 Å². The maximum Gasteiger partial charge on any atom is 0.0661 e. The Kier molecular flexibility index (Phi) is 4.42. The van der Waals surface area contributed by atoms with Gasteiger partial charge in [0.25, 0.3) is 0 Å². The summed E-state index contributed by atoms with van der Waals surface area (Å²) in [6.07, 6.45) is 5.35. The number of nitrogens with one attached hydrogen (secondary N) is 1. The number of hydrogen-bond donors (Lipinski definition) is 2. The summed E-state index contributed by atoms with van der Waals surface area (Å²) in [4.78, 5) is 0. The minimum atomic E-state index is 0.0602. The van der Waals surface area contributed by atoms with E-state index in [2.05, 4.69) is 12.2 Å². The van der Waals surface area contributed by atoms with E-state index in [1.165, 1.54) is 19.3 Å². The SMILES string of the molecule is CCOC1CC(NC(CO)COC)C12CCC2. The molecule has 2 N–H and O–H groups in total. The van der Waals surface area contributed by atoms with Gasteiger partial charge in [-0.05, 0) is 26.2 Å². The molecule has 0 aromatic rings. The number of methoxy groups -OCH3 is 1. The minimum Gasteiger partial charge on any atom is -0.395 e. The van der Waals surface area contributed by atoms with Crippen LogP contribution in [0.2, 0.25) is 0 Å². The van der Waals surface area contributed by atoms with E-state index in [0.29, 0.717) is 24.2 Å². The van der Waals surface area contributed by atoms with E-state index in [4.69, 9.17) is 9.47 Å². The highest BCUT2D eigenvalue weighted by Gasteiger charge is 2.58. The molecule has 0 radical (unpaired) electrons. The van der Waals surface area contributed by atoms with Gasteiger partial charge in [0.1, 0.15) is 0 Å². The molecule has 2 aliphatic rings. The number of ether oxygens (including phenoxy) is 2. The second kappa shape index (κ2) is 5.65. The van der Waals surface area contributed by atoms with Gasteiger partial charge in [0.15, 0.2) is 0 Å². The van der Waals surface area contributed by atoms with Crippen LogP contribution in [0.4, 0.5) is 0 Å². The molecule has 0 aromatic heterocycles. The van der Waals surface area contributed by atoms with E-state index in [1.807, 2.05) is 0 Å². The topological polar surface area (TPSA) is 50.7 Å². The Hall–Kier alpha value is -0.160. The largest absolute Gasteiger partial charge is 0.395 e. The minimum absolute atomic E-state index is 0.0602. The summed E-state index contributed by atoms with van der Waals surface area (Å²) in [7, 11) is 1.67. The normalized spacial score (nSPS) is 31.9. The van der Waals surface area contributed by atoms with Crippen molar-refractivity contribution in [3.8, 4) is 0 Å². The first kappa shape index (κ1) is 13.3. The van der Waals surface area contributed by atoms with Crippen molar-refractivity contribution in [2.75, 3.05) is 26.9 Å². The molecular formula is C13H25NO3. The molecule has 2 fully saturated rings. The fourth-order valence-electron chi connectivity index (χ4n) is 3.31. The second-order valence-electron chi connectivity index (χ2n) is 5.32. The van der Waals surface area contributed by atoms with Gasteiger partial charge in [0, 0.05) is 25.2 Å². The lowest BCUT2D eigenvalue weighted by molar-refractivity contribution is -0.176.